The number of hydrogen-bond acceptors (Lipinski definition) is 6. The first kappa shape index (κ1) is 18.1. The van der Waals surface area contributed by atoms with Gasteiger partial charge in [0.15, 0.2) is 0 Å². The first-order chi connectivity index (χ1) is 11.8. The van der Waals surface area contributed by atoms with Crippen LogP contribution in [-0.2, 0) is 0 Å². The molecule has 0 saturated carbocycles. The third kappa shape index (κ3) is 3.62. The van der Waals surface area contributed by atoms with Crippen LogP contribution in [0, 0.1) is 13.8 Å². The van der Waals surface area contributed by atoms with Gasteiger partial charge < -0.3 is 20.9 Å². The van der Waals surface area contributed by atoms with Crippen molar-refractivity contribution < 1.29 is 4.79 Å². The van der Waals surface area contributed by atoms with Gasteiger partial charge in [0, 0.05) is 49.0 Å². The summed E-state index contributed by atoms with van der Waals surface area (Å²) in [5, 5.41) is 3.36. The van der Waals surface area contributed by atoms with Crippen molar-refractivity contribution >= 4 is 11.7 Å². The second kappa shape index (κ2) is 6.88. The molecule has 138 valence electrons. The maximum absolute atomic E-state index is 13.2. The van der Waals surface area contributed by atoms with E-state index in [0.717, 1.165) is 56.1 Å². The fraction of sp³-hybridized carbons (Fsp3) is 0.722. The normalized spacial score (nSPS) is 23.6. The Balaban J connectivity index is 1.93. The third-order valence-electron chi connectivity index (χ3n) is 5.48. The molecule has 1 amide bonds. The Labute approximate surface area is 150 Å². The topological polar surface area (TPSA) is 87.4 Å². The molecule has 0 bridgehead atoms. The minimum Gasteiger partial charge on any atom is -0.355 e. The summed E-state index contributed by atoms with van der Waals surface area (Å²) in [6.07, 6.45) is 1.87. The Bertz CT molecular complexity index is 659. The molecule has 3 rings (SSSR count). The number of carbonyl (C=O) groups excluding carboxylic acids is 1. The zero-order chi connectivity index (χ0) is 18.2. The van der Waals surface area contributed by atoms with E-state index in [0.29, 0.717) is 12.4 Å². The van der Waals surface area contributed by atoms with E-state index in [9.17, 15) is 4.79 Å². The molecule has 1 aromatic rings. The monoisotopic (exact) mass is 346 g/mol. The molecule has 0 aromatic carbocycles. The zero-order valence-electron chi connectivity index (χ0n) is 15.8. The fourth-order valence-corrected chi connectivity index (χ4v) is 3.64. The van der Waals surface area contributed by atoms with Gasteiger partial charge in [0.2, 0.25) is 5.82 Å². The Kier molecular flexibility index (Phi) is 4.97. The quantitative estimate of drug-likeness (QED) is 0.825. The number of nitrogens with one attached hydrogen (secondary N) is 1. The van der Waals surface area contributed by atoms with Crippen LogP contribution >= 0.6 is 0 Å². The van der Waals surface area contributed by atoms with Crippen molar-refractivity contribution in [2.75, 3.05) is 37.6 Å². The Morgan fingerprint density at radius 1 is 1.24 bits per heavy atom. The van der Waals surface area contributed by atoms with Crippen LogP contribution in [0.4, 0.5) is 5.82 Å². The number of nitrogens with zero attached hydrogens (tertiary/aromatic N) is 4. The lowest BCUT2D eigenvalue weighted by Gasteiger charge is -2.36. The summed E-state index contributed by atoms with van der Waals surface area (Å²) >= 11 is 0. The molecule has 2 fully saturated rings. The molecule has 0 unspecified atom stereocenters. The fourth-order valence-electron chi connectivity index (χ4n) is 3.64. The van der Waals surface area contributed by atoms with Gasteiger partial charge in [0.25, 0.3) is 5.91 Å². The van der Waals surface area contributed by atoms with Crippen LogP contribution in [0.1, 0.15) is 48.6 Å². The molecule has 0 aliphatic carbocycles. The molecule has 2 aliphatic rings. The van der Waals surface area contributed by atoms with Crippen LogP contribution in [0.5, 0.6) is 0 Å². The summed E-state index contributed by atoms with van der Waals surface area (Å²) in [5.74, 6) is 1.07. The second-order valence-corrected chi connectivity index (χ2v) is 7.85. The lowest BCUT2D eigenvalue weighted by molar-refractivity contribution is 0.0555. The molecule has 3 heterocycles. The highest BCUT2D eigenvalue weighted by Gasteiger charge is 2.34. The van der Waals surface area contributed by atoms with Crippen molar-refractivity contribution in [3.63, 3.8) is 0 Å². The smallest absolute Gasteiger partial charge is 0.292 e. The Morgan fingerprint density at radius 2 is 2.00 bits per heavy atom. The predicted molar refractivity (Wildman–Crippen MR) is 98.9 cm³/mol. The standard InChI is InChI=1S/C18H30N6O/c1-12-13(2)21-15(22-16(12)23-9-5-14(19)11-23)17(25)24-10-8-20-7-6-18(24,3)4/h14,20H,5-11,19H2,1-4H3/t14-/m1/s1. The summed E-state index contributed by atoms with van der Waals surface area (Å²) in [6.45, 7) is 12.2. The van der Waals surface area contributed by atoms with E-state index in [-0.39, 0.29) is 17.5 Å². The predicted octanol–water partition coefficient (Wildman–Crippen LogP) is 0.845. The number of anilines is 1. The highest BCUT2D eigenvalue weighted by molar-refractivity contribution is 5.91. The van der Waals surface area contributed by atoms with E-state index < -0.39 is 0 Å². The molecule has 25 heavy (non-hydrogen) atoms. The number of aryl methyl sites for hydroxylation is 1. The van der Waals surface area contributed by atoms with Crippen molar-refractivity contribution in [3.8, 4) is 0 Å². The number of rotatable bonds is 2. The number of aromatic nitrogens is 2. The summed E-state index contributed by atoms with van der Waals surface area (Å²) in [6, 6.07) is 0.171. The van der Waals surface area contributed by atoms with Crippen LogP contribution in [0.3, 0.4) is 0 Å². The van der Waals surface area contributed by atoms with Crippen molar-refractivity contribution in [1.82, 2.24) is 20.2 Å². The molecule has 0 radical (unpaired) electrons. The van der Waals surface area contributed by atoms with Crippen molar-refractivity contribution in [2.24, 2.45) is 5.73 Å². The van der Waals surface area contributed by atoms with Gasteiger partial charge in [-0.15, -0.1) is 0 Å². The van der Waals surface area contributed by atoms with Crippen LogP contribution in [0.25, 0.3) is 0 Å². The van der Waals surface area contributed by atoms with Gasteiger partial charge in [-0.2, -0.15) is 0 Å². The molecule has 2 saturated heterocycles. The summed E-state index contributed by atoms with van der Waals surface area (Å²) in [4.78, 5) is 26.5. The van der Waals surface area contributed by atoms with E-state index in [2.05, 4.69) is 34.0 Å². The average Bonchev–Trinajstić information content (AvgIpc) is 2.90. The molecule has 2 aliphatic heterocycles. The van der Waals surface area contributed by atoms with E-state index in [4.69, 9.17) is 5.73 Å². The van der Waals surface area contributed by atoms with Crippen LogP contribution in [0.15, 0.2) is 0 Å². The lowest BCUT2D eigenvalue weighted by atomic mass is 9.98. The van der Waals surface area contributed by atoms with E-state index in [1.807, 2.05) is 18.7 Å². The summed E-state index contributed by atoms with van der Waals surface area (Å²) < 4.78 is 0. The van der Waals surface area contributed by atoms with Gasteiger partial charge in [0.05, 0.1) is 0 Å². The summed E-state index contributed by atoms with van der Waals surface area (Å²) in [5.41, 5.74) is 7.73. The van der Waals surface area contributed by atoms with Gasteiger partial charge in [-0.25, -0.2) is 9.97 Å². The summed E-state index contributed by atoms with van der Waals surface area (Å²) in [7, 11) is 0. The SMILES string of the molecule is Cc1nc(C(=O)N2CCNCCC2(C)C)nc(N2CC[C@@H](N)C2)c1C. The van der Waals surface area contributed by atoms with Crippen LogP contribution < -0.4 is 16.0 Å². The molecule has 1 aromatic heterocycles. The number of hydrogen-bond donors (Lipinski definition) is 2. The molecule has 1 atom stereocenters. The first-order valence-corrected chi connectivity index (χ1v) is 9.18. The highest BCUT2D eigenvalue weighted by Crippen LogP contribution is 2.26. The van der Waals surface area contributed by atoms with Gasteiger partial charge in [-0.3, -0.25) is 4.79 Å². The Hall–Kier alpha value is -1.73. The second-order valence-electron chi connectivity index (χ2n) is 7.85. The molecule has 7 heteroatoms. The number of carbonyl (C=O) groups is 1. The lowest BCUT2D eigenvalue weighted by Crippen LogP contribution is -2.48. The molecule has 0 spiro atoms. The minimum absolute atomic E-state index is 0.0819. The van der Waals surface area contributed by atoms with Crippen molar-refractivity contribution in [3.05, 3.63) is 17.1 Å². The van der Waals surface area contributed by atoms with Gasteiger partial charge in [-0.1, -0.05) is 0 Å². The average molecular weight is 346 g/mol. The number of nitrogens with two attached hydrogens (primary N) is 1. The van der Waals surface area contributed by atoms with Gasteiger partial charge in [-0.05, 0) is 47.1 Å². The molecular formula is C18H30N6O. The molecular weight excluding hydrogens is 316 g/mol. The molecule has 3 N–H and O–H groups in total. The first-order valence-electron chi connectivity index (χ1n) is 9.18. The van der Waals surface area contributed by atoms with Gasteiger partial charge in [0.1, 0.15) is 5.82 Å². The highest BCUT2D eigenvalue weighted by atomic mass is 16.2. The van der Waals surface area contributed by atoms with Crippen LogP contribution in [0.2, 0.25) is 0 Å². The van der Waals surface area contributed by atoms with E-state index in [1.165, 1.54) is 0 Å². The maximum Gasteiger partial charge on any atom is 0.292 e. The van der Waals surface area contributed by atoms with E-state index in [1.54, 1.807) is 0 Å². The minimum atomic E-state index is -0.209. The largest absolute Gasteiger partial charge is 0.355 e. The van der Waals surface area contributed by atoms with Crippen LogP contribution in [-0.4, -0.2) is 65.1 Å². The third-order valence-corrected chi connectivity index (χ3v) is 5.48. The zero-order valence-corrected chi connectivity index (χ0v) is 15.8. The number of amides is 1. The molecule has 7 nitrogen and oxygen atoms in total. The van der Waals surface area contributed by atoms with E-state index >= 15 is 0 Å². The van der Waals surface area contributed by atoms with Gasteiger partial charge >= 0.3 is 0 Å². The Morgan fingerprint density at radius 3 is 2.68 bits per heavy atom. The van der Waals surface area contributed by atoms with Crippen molar-refractivity contribution in [1.29, 1.82) is 0 Å². The van der Waals surface area contributed by atoms with Crippen molar-refractivity contribution in [2.45, 2.75) is 52.1 Å². The maximum atomic E-state index is 13.2.